The topological polar surface area (TPSA) is 121 Å². The minimum Gasteiger partial charge on any atom is -0.381 e. The van der Waals surface area contributed by atoms with Gasteiger partial charge in [0.25, 0.3) is 0 Å². The quantitative estimate of drug-likeness (QED) is 0.143. The Hall–Kier alpha value is 2.11. The summed E-state index contributed by atoms with van der Waals surface area (Å²) < 4.78 is 0. The number of rotatable bonds is 3. The van der Waals surface area contributed by atoms with E-state index in [9.17, 15) is 0 Å². The van der Waals surface area contributed by atoms with Gasteiger partial charge in [0.15, 0.2) is 0 Å². The van der Waals surface area contributed by atoms with E-state index >= 15 is 0 Å². The summed E-state index contributed by atoms with van der Waals surface area (Å²) in [6.45, 7) is 0. The van der Waals surface area contributed by atoms with Gasteiger partial charge in [0, 0.05) is 0 Å². The van der Waals surface area contributed by atoms with Crippen molar-refractivity contribution in [3.8, 4) is 0 Å². The van der Waals surface area contributed by atoms with E-state index in [1.54, 1.807) is 0 Å². The third kappa shape index (κ3) is 100. The van der Waals surface area contributed by atoms with Gasteiger partial charge >= 0.3 is 8.60 Å². The van der Waals surface area contributed by atoms with Crippen LogP contribution in [-0.4, -0.2) is 63.9 Å². The van der Waals surface area contributed by atoms with Crippen LogP contribution in [0, 0.1) is 0 Å². The Morgan fingerprint density at radius 3 is 0.737 bits per heavy atom. The van der Waals surface area contributed by atoms with Crippen molar-refractivity contribution in [2.45, 2.75) is 16.3 Å². The van der Waals surface area contributed by atoms with Gasteiger partial charge in [-0.15, -0.1) is 72.7 Å². The van der Waals surface area contributed by atoms with Crippen molar-refractivity contribution < 1.29 is 30.0 Å². The number of halogens is 3. The summed E-state index contributed by atoms with van der Waals surface area (Å²) in [6, 6.07) is 0. The van der Waals surface area contributed by atoms with Crippen LogP contribution in [-0.2, 0) is 0 Å². The summed E-state index contributed by atoms with van der Waals surface area (Å²) in [5.74, 6) is 0.593. The van der Waals surface area contributed by atoms with Gasteiger partial charge in [-0.05, 0) is 0 Å². The number of aliphatic hydroxyl groups excluding tert-OH is 3. The lowest BCUT2D eigenvalue weighted by Crippen LogP contribution is -1.94. The summed E-state index contributed by atoms with van der Waals surface area (Å²) in [5.41, 5.74) is -1.97. The number of aliphatic hydroxyl groups is 3. The highest BCUT2D eigenvalue weighted by Gasteiger charge is 1.85. The van der Waals surface area contributed by atoms with E-state index < -0.39 is 24.9 Å². The van der Waals surface area contributed by atoms with Crippen LogP contribution in [0.3, 0.4) is 0 Å². The summed E-state index contributed by atoms with van der Waals surface area (Å²) >= 11 is 25.6. The molecule has 0 aromatic heterocycles. The van der Waals surface area contributed by atoms with Gasteiger partial charge in [-0.2, -0.15) is 0 Å². The fourth-order valence-electron chi connectivity index (χ4n) is 0. The van der Waals surface area contributed by atoms with E-state index in [2.05, 4.69) is 37.9 Å². The molecule has 0 radical (unpaired) electrons. The molecule has 19 heavy (non-hydrogen) atoms. The van der Waals surface area contributed by atoms with Crippen LogP contribution in [0.5, 0.6) is 0 Å². The highest BCUT2D eigenvalue weighted by Crippen LogP contribution is 2.11. The fraction of sp³-hybridized carbons (Fsp3) is 1.00. The monoisotopic (exact) mass is 418 g/mol. The number of thiol groups is 3. The predicted molar refractivity (Wildman–Crippen MR) is 90.7 cm³/mol. The standard InChI is InChI=1S/3C2H5ClOS.H3O3P/c3*3-1-2(4)5;1-4(2)3/h3*2,4-5H,1H2;1-3H. The molecule has 0 rings (SSSR count). The third-order valence-corrected chi connectivity index (χ3v) is 2.48. The van der Waals surface area contributed by atoms with E-state index in [4.69, 9.17) is 64.8 Å². The average molecular weight is 420 g/mol. The maximum absolute atomic E-state index is 8.09. The lowest BCUT2D eigenvalue weighted by atomic mass is 10.9. The molecule has 0 fully saturated rings. The highest BCUT2D eigenvalue weighted by molar-refractivity contribution is 7.81. The zero-order chi connectivity index (χ0) is 16.4. The molecule has 0 amide bonds. The minimum atomic E-state index is -2.62. The molecular formula is C6H18Cl3O6PS3. The Kier molecular flexibility index (Phi) is 38.5. The number of hydrogen-bond donors (Lipinski definition) is 9. The molecule has 0 aromatic rings. The van der Waals surface area contributed by atoms with E-state index in [-0.39, 0.29) is 17.6 Å². The third-order valence-electron chi connectivity index (χ3n) is 0.414. The second kappa shape index (κ2) is 25.1. The minimum absolute atomic E-state index is 0.198. The molecule has 3 atom stereocenters. The Balaban J connectivity index is -0.0000000793. The molecular weight excluding hydrogens is 402 g/mol. The van der Waals surface area contributed by atoms with Crippen LogP contribution >= 0.6 is 81.3 Å². The number of alkyl halides is 3. The first-order valence-electron chi connectivity index (χ1n) is 4.18. The van der Waals surface area contributed by atoms with E-state index in [0.717, 1.165) is 0 Å². The van der Waals surface area contributed by atoms with Crippen molar-refractivity contribution in [1.82, 2.24) is 0 Å². The molecule has 0 saturated heterocycles. The predicted octanol–water partition coefficient (Wildman–Crippen LogP) is 0.610. The van der Waals surface area contributed by atoms with Crippen molar-refractivity contribution in [1.29, 1.82) is 0 Å². The molecule has 6 nitrogen and oxygen atoms in total. The molecule has 0 aliphatic rings. The van der Waals surface area contributed by atoms with Crippen molar-refractivity contribution in [2.75, 3.05) is 17.6 Å². The smallest absolute Gasteiger partial charge is 0.324 e. The van der Waals surface area contributed by atoms with Gasteiger partial charge < -0.3 is 30.0 Å². The lowest BCUT2D eigenvalue weighted by molar-refractivity contribution is 0.289. The Labute approximate surface area is 144 Å². The summed E-state index contributed by atoms with van der Waals surface area (Å²) in [7, 11) is -2.62. The Morgan fingerprint density at radius 1 is 0.684 bits per heavy atom. The van der Waals surface area contributed by atoms with Crippen LogP contribution in [0.1, 0.15) is 0 Å². The fourth-order valence-corrected chi connectivity index (χ4v) is 0. The van der Waals surface area contributed by atoms with Crippen molar-refractivity contribution in [3.05, 3.63) is 0 Å². The van der Waals surface area contributed by atoms with Crippen LogP contribution in [0.2, 0.25) is 0 Å². The molecule has 0 aromatic carbocycles. The molecule has 122 valence electrons. The lowest BCUT2D eigenvalue weighted by Gasteiger charge is -1.87. The highest BCUT2D eigenvalue weighted by atomic mass is 35.5. The van der Waals surface area contributed by atoms with E-state index in [0.29, 0.717) is 0 Å². The van der Waals surface area contributed by atoms with Gasteiger partial charge in [-0.25, -0.2) is 0 Å². The summed E-state index contributed by atoms with van der Waals surface area (Å²) in [6.07, 6.45) is 0. The van der Waals surface area contributed by atoms with Gasteiger partial charge in [0.1, 0.15) is 16.3 Å². The van der Waals surface area contributed by atoms with Gasteiger partial charge in [0.05, 0.1) is 17.6 Å². The molecule has 13 heteroatoms. The first-order valence-corrected chi connectivity index (χ1v) is 8.53. The largest absolute Gasteiger partial charge is 0.381 e. The summed E-state index contributed by atoms with van der Waals surface area (Å²) in [4.78, 5) is 21.7. The molecule has 0 saturated carbocycles. The second-order valence-electron chi connectivity index (χ2n) is 2.17. The van der Waals surface area contributed by atoms with Gasteiger partial charge in [0.2, 0.25) is 0 Å². The first kappa shape index (κ1) is 29.2. The molecule has 0 aliphatic heterocycles. The maximum atomic E-state index is 8.09. The number of hydrogen-bond acceptors (Lipinski definition) is 9. The molecule has 0 aliphatic carbocycles. The van der Waals surface area contributed by atoms with E-state index in [1.807, 2.05) is 0 Å². The normalized spacial score (nSPS) is 13.7. The second-order valence-corrected chi connectivity index (χ2v) is 5.42. The van der Waals surface area contributed by atoms with Crippen molar-refractivity contribution >= 4 is 81.3 Å². The molecule has 6 N–H and O–H groups in total. The zero-order valence-corrected chi connectivity index (χ0v) is 15.3. The Bertz CT molecular complexity index is 128. The maximum Gasteiger partial charge on any atom is 0.324 e. The first-order chi connectivity index (χ1) is 8.54. The van der Waals surface area contributed by atoms with Gasteiger partial charge in [-0.1, -0.05) is 0 Å². The average Bonchev–Trinajstić information content (AvgIpc) is 2.29. The summed E-state index contributed by atoms with van der Waals surface area (Å²) in [5, 5.41) is 24.3. The van der Waals surface area contributed by atoms with Gasteiger partial charge in [-0.3, -0.25) is 0 Å². The van der Waals surface area contributed by atoms with Crippen LogP contribution in [0.25, 0.3) is 0 Å². The van der Waals surface area contributed by atoms with E-state index in [1.165, 1.54) is 0 Å². The molecule has 0 heterocycles. The molecule has 3 unspecified atom stereocenters. The van der Waals surface area contributed by atoms with Crippen LogP contribution in [0.4, 0.5) is 0 Å². The van der Waals surface area contributed by atoms with Crippen molar-refractivity contribution in [3.63, 3.8) is 0 Å². The van der Waals surface area contributed by atoms with Crippen LogP contribution < -0.4 is 0 Å². The Morgan fingerprint density at radius 2 is 0.737 bits per heavy atom. The van der Waals surface area contributed by atoms with Crippen LogP contribution in [0.15, 0.2) is 0 Å². The van der Waals surface area contributed by atoms with Crippen molar-refractivity contribution in [2.24, 2.45) is 0 Å². The zero-order valence-electron chi connectivity index (χ0n) is 9.46. The molecule has 0 spiro atoms. The SMILES string of the molecule is OC(S)CCl.OC(S)CCl.OC(S)CCl.OP(O)O. The molecule has 0 bridgehead atoms.